The van der Waals surface area contributed by atoms with E-state index < -0.39 is 5.82 Å². The van der Waals surface area contributed by atoms with Crippen LogP contribution < -0.4 is 0 Å². The number of carbonyl (C=O) groups excluding carboxylic acids is 2. The number of carbonyl (C=O) groups is 2. The summed E-state index contributed by atoms with van der Waals surface area (Å²) in [5.41, 5.74) is 2.29. The second kappa shape index (κ2) is 7.58. The highest BCUT2D eigenvalue weighted by molar-refractivity contribution is 6.09. The molecular weight excluding hydrogens is 355 g/mol. The molecule has 0 N–H and O–H groups in total. The van der Waals surface area contributed by atoms with E-state index in [1.807, 2.05) is 11.0 Å². The second-order valence-corrected chi connectivity index (χ2v) is 7.52. The zero-order valence-corrected chi connectivity index (χ0v) is 15.9. The minimum atomic E-state index is -0.413. The topological polar surface area (TPSA) is 42.3 Å². The fraction of sp³-hybridized carbons (Fsp3) is 0.304. The van der Waals surface area contributed by atoms with Crippen molar-refractivity contribution in [3.8, 4) is 0 Å². The van der Waals surface area contributed by atoms with Crippen LogP contribution in [0, 0.1) is 11.7 Å². The summed E-state index contributed by atoms with van der Waals surface area (Å²) < 4.78 is 15.2. The first-order valence-electron chi connectivity index (χ1n) is 9.67. The van der Waals surface area contributed by atoms with E-state index in [1.54, 1.807) is 12.3 Å². The smallest absolute Gasteiger partial charge is 0.256 e. The predicted octanol–water partition coefficient (Wildman–Crippen LogP) is 4.54. The highest BCUT2D eigenvalue weighted by Crippen LogP contribution is 2.27. The van der Waals surface area contributed by atoms with E-state index in [9.17, 15) is 14.0 Å². The van der Waals surface area contributed by atoms with Gasteiger partial charge in [0.1, 0.15) is 5.82 Å². The Labute approximate surface area is 163 Å². The van der Waals surface area contributed by atoms with E-state index >= 15 is 0 Å². The number of rotatable bonds is 3. The van der Waals surface area contributed by atoms with Gasteiger partial charge in [0.2, 0.25) is 5.91 Å². The number of fused-ring (bicyclic) bond motifs is 1. The highest BCUT2D eigenvalue weighted by Gasteiger charge is 2.26. The van der Waals surface area contributed by atoms with Crippen molar-refractivity contribution in [3.05, 3.63) is 71.7 Å². The molecule has 1 aromatic heterocycles. The molecule has 144 valence electrons. The average Bonchev–Trinajstić information content (AvgIpc) is 3.08. The number of likely N-dealkylation sites (tertiary alicyclic amines) is 1. The highest BCUT2D eigenvalue weighted by atomic mass is 19.1. The summed E-state index contributed by atoms with van der Waals surface area (Å²) in [6.45, 7) is 2.79. The summed E-state index contributed by atoms with van der Waals surface area (Å²) in [4.78, 5) is 26.8. The Morgan fingerprint density at radius 1 is 1.07 bits per heavy atom. The van der Waals surface area contributed by atoms with Crippen LogP contribution in [0.3, 0.4) is 0 Å². The number of piperidine rings is 1. The van der Waals surface area contributed by atoms with Crippen LogP contribution in [0.2, 0.25) is 0 Å². The molecule has 0 aliphatic carbocycles. The van der Waals surface area contributed by atoms with Crippen molar-refractivity contribution < 1.29 is 14.0 Å². The van der Waals surface area contributed by atoms with E-state index in [0.717, 1.165) is 19.3 Å². The van der Waals surface area contributed by atoms with E-state index in [1.165, 1.54) is 29.2 Å². The third kappa shape index (κ3) is 3.57. The molecule has 1 amide bonds. The molecule has 1 aliphatic rings. The first-order chi connectivity index (χ1) is 13.5. The minimum Gasteiger partial charge on any atom is -0.339 e. The Kier molecular flexibility index (Phi) is 4.99. The fourth-order valence-corrected chi connectivity index (χ4v) is 4.09. The first kappa shape index (κ1) is 18.4. The SMILES string of the molecule is CC(=O)n1cc(C(=O)N2CCC(Cc3ccccc3)CC2)c2cc(F)ccc21. The summed E-state index contributed by atoms with van der Waals surface area (Å²) in [7, 11) is 0. The molecule has 4 rings (SSSR count). The molecule has 0 bridgehead atoms. The lowest BCUT2D eigenvalue weighted by molar-refractivity contribution is 0.0692. The van der Waals surface area contributed by atoms with Crippen LogP contribution in [-0.4, -0.2) is 34.4 Å². The Morgan fingerprint density at radius 2 is 1.79 bits per heavy atom. The number of aromatic nitrogens is 1. The zero-order chi connectivity index (χ0) is 19.7. The molecule has 0 radical (unpaired) electrons. The Hall–Kier alpha value is -2.95. The molecule has 0 spiro atoms. The van der Waals surface area contributed by atoms with Gasteiger partial charge in [-0.05, 0) is 48.9 Å². The van der Waals surface area contributed by atoms with Crippen LogP contribution in [-0.2, 0) is 6.42 Å². The van der Waals surface area contributed by atoms with Crippen LogP contribution in [0.4, 0.5) is 4.39 Å². The molecule has 1 saturated heterocycles. The Balaban J connectivity index is 1.51. The Morgan fingerprint density at radius 3 is 2.46 bits per heavy atom. The molecule has 0 saturated carbocycles. The molecular formula is C23H23FN2O2. The predicted molar refractivity (Wildman–Crippen MR) is 107 cm³/mol. The average molecular weight is 378 g/mol. The number of benzene rings is 2. The number of nitrogens with zero attached hydrogens (tertiary/aromatic N) is 2. The molecule has 2 aromatic carbocycles. The summed E-state index contributed by atoms with van der Waals surface area (Å²) in [5.74, 6) is -0.183. The third-order valence-corrected chi connectivity index (χ3v) is 5.61. The van der Waals surface area contributed by atoms with Crippen molar-refractivity contribution in [1.29, 1.82) is 0 Å². The molecule has 5 heteroatoms. The van der Waals surface area contributed by atoms with E-state index in [4.69, 9.17) is 0 Å². The summed E-state index contributed by atoms with van der Waals surface area (Å²) in [5, 5.41) is 0.492. The molecule has 1 aliphatic heterocycles. The van der Waals surface area contributed by atoms with Crippen LogP contribution in [0.15, 0.2) is 54.7 Å². The molecule has 0 unspecified atom stereocenters. The number of hydrogen-bond donors (Lipinski definition) is 0. The van der Waals surface area contributed by atoms with Crippen molar-refractivity contribution in [3.63, 3.8) is 0 Å². The third-order valence-electron chi connectivity index (χ3n) is 5.61. The van der Waals surface area contributed by atoms with E-state index in [2.05, 4.69) is 24.3 Å². The molecule has 28 heavy (non-hydrogen) atoms. The van der Waals surface area contributed by atoms with Gasteiger partial charge in [-0.15, -0.1) is 0 Å². The van der Waals surface area contributed by atoms with Gasteiger partial charge in [-0.3, -0.25) is 14.2 Å². The second-order valence-electron chi connectivity index (χ2n) is 7.52. The fourth-order valence-electron chi connectivity index (χ4n) is 4.09. The van der Waals surface area contributed by atoms with Gasteiger partial charge < -0.3 is 4.90 Å². The molecule has 1 fully saturated rings. The van der Waals surface area contributed by atoms with Gasteiger partial charge in [0, 0.05) is 31.6 Å². The minimum absolute atomic E-state index is 0.131. The largest absolute Gasteiger partial charge is 0.339 e. The lowest BCUT2D eigenvalue weighted by Crippen LogP contribution is -2.38. The zero-order valence-electron chi connectivity index (χ0n) is 15.9. The lowest BCUT2D eigenvalue weighted by atomic mass is 9.90. The van der Waals surface area contributed by atoms with Crippen molar-refractivity contribution in [2.45, 2.75) is 26.2 Å². The quantitative estimate of drug-likeness (QED) is 0.672. The van der Waals surface area contributed by atoms with Crippen molar-refractivity contribution >= 4 is 22.7 Å². The summed E-state index contributed by atoms with van der Waals surface area (Å²) in [6, 6.07) is 14.6. The van der Waals surface area contributed by atoms with Gasteiger partial charge in [-0.1, -0.05) is 30.3 Å². The van der Waals surface area contributed by atoms with Crippen molar-refractivity contribution in [1.82, 2.24) is 9.47 Å². The number of hydrogen-bond acceptors (Lipinski definition) is 2. The van der Waals surface area contributed by atoms with E-state index in [-0.39, 0.29) is 11.8 Å². The van der Waals surface area contributed by atoms with Crippen molar-refractivity contribution in [2.24, 2.45) is 5.92 Å². The first-order valence-corrected chi connectivity index (χ1v) is 9.67. The van der Waals surface area contributed by atoms with Crippen LogP contribution in [0.25, 0.3) is 10.9 Å². The Bertz CT molecular complexity index is 1020. The normalized spacial score (nSPS) is 15.1. The molecule has 0 atom stereocenters. The number of amides is 1. The van der Waals surface area contributed by atoms with E-state index in [0.29, 0.717) is 35.5 Å². The van der Waals surface area contributed by atoms with Crippen molar-refractivity contribution in [2.75, 3.05) is 13.1 Å². The maximum atomic E-state index is 13.8. The molecule has 2 heterocycles. The van der Waals surface area contributed by atoms with Crippen LogP contribution in [0.5, 0.6) is 0 Å². The van der Waals surface area contributed by atoms with Crippen LogP contribution in [0.1, 0.15) is 40.5 Å². The van der Waals surface area contributed by atoms with Gasteiger partial charge in [0.05, 0.1) is 11.1 Å². The van der Waals surface area contributed by atoms with Gasteiger partial charge in [-0.25, -0.2) is 4.39 Å². The van der Waals surface area contributed by atoms with Gasteiger partial charge >= 0.3 is 0 Å². The number of halogens is 1. The molecule has 4 nitrogen and oxygen atoms in total. The van der Waals surface area contributed by atoms with Gasteiger partial charge in [0.25, 0.3) is 5.91 Å². The summed E-state index contributed by atoms with van der Waals surface area (Å²) >= 11 is 0. The lowest BCUT2D eigenvalue weighted by Gasteiger charge is -2.32. The van der Waals surface area contributed by atoms with Gasteiger partial charge in [0.15, 0.2) is 0 Å². The standard InChI is InChI=1S/C23H23FN2O2/c1-16(27)26-15-21(20-14-19(24)7-8-22(20)26)23(28)25-11-9-18(10-12-25)13-17-5-3-2-4-6-17/h2-8,14-15,18H,9-13H2,1H3. The summed E-state index contributed by atoms with van der Waals surface area (Å²) in [6.07, 6.45) is 4.46. The maximum absolute atomic E-state index is 13.8. The van der Waals surface area contributed by atoms with Crippen LogP contribution >= 0.6 is 0 Å². The maximum Gasteiger partial charge on any atom is 0.256 e. The van der Waals surface area contributed by atoms with Gasteiger partial charge in [-0.2, -0.15) is 0 Å². The molecule has 3 aromatic rings. The monoisotopic (exact) mass is 378 g/mol.